The van der Waals surface area contributed by atoms with Crippen LogP contribution in [0.25, 0.3) is 0 Å². The van der Waals surface area contributed by atoms with Crippen molar-refractivity contribution in [1.29, 1.82) is 0 Å². The van der Waals surface area contributed by atoms with Crippen LogP contribution >= 0.6 is 0 Å². The average Bonchev–Trinajstić information content (AvgIpc) is 3.26. The summed E-state index contributed by atoms with van der Waals surface area (Å²) in [6, 6.07) is 4.82. The fourth-order valence-corrected chi connectivity index (χ4v) is 3.47. The molecule has 2 aliphatic carbocycles. The van der Waals surface area contributed by atoms with Crippen LogP contribution in [-0.4, -0.2) is 19.2 Å². The molecule has 2 saturated carbocycles. The van der Waals surface area contributed by atoms with Crippen LogP contribution < -0.4 is 10.1 Å². The number of halogens is 1. The highest BCUT2D eigenvalue weighted by Gasteiger charge is 2.53. The smallest absolute Gasteiger partial charge is 0.123 e. The molecule has 0 spiro atoms. The van der Waals surface area contributed by atoms with E-state index in [9.17, 15) is 4.39 Å². The van der Waals surface area contributed by atoms with Gasteiger partial charge in [0.1, 0.15) is 17.7 Å². The number of hydrogen-bond acceptors (Lipinski definition) is 2. The maximum atomic E-state index is 13.1. The van der Waals surface area contributed by atoms with E-state index in [2.05, 4.69) is 5.32 Å². The van der Waals surface area contributed by atoms with Gasteiger partial charge in [0, 0.05) is 25.1 Å². The lowest BCUT2D eigenvalue weighted by Gasteiger charge is -2.17. The third kappa shape index (κ3) is 2.25. The third-order valence-corrected chi connectivity index (χ3v) is 4.95. The molecule has 1 aromatic rings. The van der Waals surface area contributed by atoms with Crippen LogP contribution in [0.3, 0.4) is 0 Å². The average molecular weight is 261 g/mol. The van der Waals surface area contributed by atoms with Crippen LogP contribution in [0.1, 0.15) is 31.2 Å². The SMILES string of the molecule is Fc1ccc2c(c1)CC(CNCC1(C3CC3)CC1)O2. The van der Waals surface area contributed by atoms with Gasteiger partial charge in [-0.1, -0.05) is 0 Å². The minimum absolute atomic E-state index is 0.165. The number of ether oxygens (including phenoxy) is 1. The molecule has 0 bridgehead atoms. The molecule has 19 heavy (non-hydrogen) atoms. The van der Waals surface area contributed by atoms with Gasteiger partial charge in [-0.2, -0.15) is 0 Å². The van der Waals surface area contributed by atoms with E-state index in [1.165, 1.54) is 31.7 Å². The summed E-state index contributed by atoms with van der Waals surface area (Å²) in [5.41, 5.74) is 1.65. The molecule has 0 aromatic heterocycles. The van der Waals surface area contributed by atoms with Gasteiger partial charge in [-0.15, -0.1) is 0 Å². The standard InChI is InChI=1S/C16H20FNO/c17-13-3-4-15-11(7-13)8-14(19-15)9-18-10-16(5-6-16)12-1-2-12/h3-4,7,12,14,18H,1-2,5-6,8-10H2. The summed E-state index contributed by atoms with van der Waals surface area (Å²) < 4.78 is 19.0. The van der Waals surface area contributed by atoms with Crippen molar-refractivity contribution in [3.8, 4) is 5.75 Å². The Bertz CT molecular complexity index is 494. The molecule has 3 aliphatic rings. The third-order valence-electron chi connectivity index (χ3n) is 4.95. The van der Waals surface area contributed by atoms with E-state index < -0.39 is 0 Å². The van der Waals surface area contributed by atoms with Gasteiger partial charge in [0.05, 0.1) is 0 Å². The number of benzene rings is 1. The van der Waals surface area contributed by atoms with Crippen molar-refractivity contribution in [3.05, 3.63) is 29.6 Å². The number of rotatable bonds is 5. The largest absolute Gasteiger partial charge is 0.488 e. The Morgan fingerprint density at radius 2 is 2.16 bits per heavy atom. The lowest BCUT2D eigenvalue weighted by Crippen LogP contribution is -2.34. The molecule has 0 amide bonds. The second-order valence-electron chi connectivity index (χ2n) is 6.46. The van der Waals surface area contributed by atoms with E-state index in [-0.39, 0.29) is 11.9 Å². The highest BCUT2D eigenvalue weighted by Crippen LogP contribution is 2.60. The molecule has 0 radical (unpaired) electrons. The molecule has 1 N–H and O–H groups in total. The Morgan fingerprint density at radius 1 is 1.32 bits per heavy atom. The van der Waals surface area contributed by atoms with Crippen molar-refractivity contribution in [3.63, 3.8) is 0 Å². The van der Waals surface area contributed by atoms with Crippen LogP contribution in [0.5, 0.6) is 5.75 Å². The first-order valence-electron chi connectivity index (χ1n) is 7.41. The first-order valence-corrected chi connectivity index (χ1v) is 7.41. The Labute approximate surface area is 113 Å². The Kier molecular flexibility index (Phi) is 2.59. The lowest BCUT2D eigenvalue weighted by atomic mass is 10.0. The molecule has 4 rings (SSSR count). The normalized spacial score (nSPS) is 26.9. The summed E-state index contributed by atoms with van der Waals surface area (Å²) in [7, 11) is 0. The Morgan fingerprint density at radius 3 is 2.89 bits per heavy atom. The van der Waals surface area contributed by atoms with Crippen molar-refractivity contribution in [2.75, 3.05) is 13.1 Å². The van der Waals surface area contributed by atoms with Crippen LogP contribution in [0.2, 0.25) is 0 Å². The Balaban J connectivity index is 1.29. The number of nitrogens with one attached hydrogen (secondary N) is 1. The van der Waals surface area contributed by atoms with Crippen molar-refractivity contribution >= 4 is 0 Å². The predicted octanol–water partition coefficient (Wildman–Crippen LogP) is 2.91. The van der Waals surface area contributed by atoms with E-state index in [1.807, 2.05) is 0 Å². The van der Waals surface area contributed by atoms with Gasteiger partial charge in [0.25, 0.3) is 0 Å². The fourth-order valence-electron chi connectivity index (χ4n) is 3.47. The van der Waals surface area contributed by atoms with Crippen LogP contribution in [0.4, 0.5) is 4.39 Å². The van der Waals surface area contributed by atoms with Gasteiger partial charge in [-0.05, 0) is 55.2 Å². The molecular weight excluding hydrogens is 241 g/mol. The van der Waals surface area contributed by atoms with E-state index >= 15 is 0 Å². The van der Waals surface area contributed by atoms with Gasteiger partial charge in [0.2, 0.25) is 0 Å². The summed E-state index contributed by atoms with van der Waals surface area (Å²) in [5, 5.41) is 3.58. The zero-order valence-electron chi connectivity index (χ0n) is 11.1. The summed E-state index contributed by atoms with van der Waals surface area (Å²) in [6.07, 6.45) is 6.69. The molecule has 1 aliphatic heterocycles. The molecule has 1 aromatic carbocycles. The van der Waals surface area contributed by atoms with Gasteiger partial charge in [0.15, 0.2) is 0 Å². The minimum atomic E-state index is -0.165. The topological polar surface area (TPSA) is 21.3 Å². The summed E-state index contributed by atoms with van der Waals surface area (Å²) in [6.45, 7) is 2.02. The summed E-state index contributed by atoms with van der Waals surface area (Å²) in [4.78, 5) is 0. The fraction of sp³-hybridized carbons (Fsp3) is 0.625. The van der Waals surface area contributed by atoms with Gasteiger partial charge in [-0.25, -0.2) is 4.39 Å². The van der Waals surface area contributed by atoms with Crippen LogP contribution in [-0.2, 0) is 6.42 Å². The maximum absolute atomic E-state index is 13.1. The van der Waals surface area contributed by atoms with E-state index in [0.29, 0.717) is 5.41 Å². The second-order valence-corrected chi connectivity index (χ2v) is 6.46. The predicted molar refractivity (Wildman–Crippen MR) is 71.8 cm³/mol. The zero-order valence-corrected chi connectivity index (χ0v) is 11.1. The quantitative estimate of drug-likeness (QED) is 0.880. The first kappa shape index (κ1) is 11.7. The van der Waals surface area contributed by atoms with E-state index in [1.54, 1.807) is 12.1 Å². The molecule has 102 valence electrons. The first-order chi connectivity index (χ1) is 9.25. The summed E-state index contributed by atoms with van der Waals surface area (Å²) in [5.74, 6) is 1.69. The zero-order chi connectivity index (χ0) is 12.9. The van der Waals surface area contributed by atoms with Gasteiger partial charge >= 0.3 is 0 Å². The lowest BCUT2D eigenvalue weighted by molar-refractivity contribution is 0.221. The summed E-state index contributed by atoms with van der Waals surface area (Å²) >= 11 is 0. The van der Waals surface area contributed by atoms with Crippen molar-refractivity contribution in [1.82, 2.24) is 5.32 Å². The van der Waals surface area contributed by atoms with E-state index in [4.69, 9.17) is 4.74 Å². The molecule has 3 heteroatoms. The number of fused-ring (bicyclic) bond motifs is 1. The maximum Gasteiger partial charge on any atom is 0.123 e. The molecule has 0 saturated heterocycles. The highest BCUT2D eigenvalue weighted by atomic mass is 19.1. The number of hydrogen-bond donors (Lipinski definition) is 1. The minimum Gasteiger partial charge on any atom is -0.488 e. The Hall–Kier alpha value is -1.09. The van der Waals surface area contributed by atoms with E-state index in [0.717, 1.165) is 36.7 Å². The van der Waals surface area contributed by atoms with Crippen molar-refractivity contribution in [2.45, 2.75) is 38.2 Å². The molecule has 1 unspecified atom stereocenters. The molecule has 2 nitrogen and oxygen atoms in total. The molecule has 1 heterocycles. The van der Waals surface area contributed by atoms with Gasteiger partial charge in [-0.3, -0.25) is 0 Å². The molecule has 1 atom stereocenters. The van der Waals surface area contributed by atoms with Gasteiger partial charge < -0.3 is 10.1 Å². The highest BCUT2D eigenvalue weighted by molar-refractivity contribution is 5.37. The molecule has 2 fully saturated rings. The second kappa shape index (κ2) is 4.20. The van der Waals surface area contributed by atoms with Crippen molar-refractivity contribution in [2.24, 2.45) is 11.3 Å². The van der Waals surface area contributed by atoms with Crippen LogP contribution in [0, 0.1) is 17.2 Å². The van der Waals surface area contributed by atoms with Crippen LogP contribution in [0.15, 0.2) is 18.2 Å². The molecular formula is C16H20FNO. The monoisotopic (exact) mass is 261 g/mol. The van der Waals surface area contributed by atoms with Crippen molar-refractivity contribution < 1.29 is 9.13 Å².